The van der Waals surface area contributed by atoms with Crippen molar-refractivity contribution in [3.63, 3.8) is 0 Å². The number of hydrogen-bond donors (Lipinski definition) is 4. The average Bonchev–Trinajstić information content (AvgIpc) is 3.19. The number of halogens is 1. The Hall–Kier alpha value is -3.08. The summed E-state index contributed by atoms with van der Waals surface area (Å²) in [4.78, 5) is 40.5. The molecule has 266 valence electrons. The van der Waals surface area contributed by atoms with Gasteiger partial charge in [-0.15, -0.1) is 11.8 Å². The lowest BCUT2D eigenvalue weighted by atomic mass is 9.87. The maximum atomic E-state index is 14.3. The molecule has 1 unspecified atom stereocenters. The topological polar surface area (TPSA) is 154 Å². The molecule has 2 atom stereocenters. The van der Waals surface area contributed by atoms with Gasteiger partial charge >= 0.3 is 5.97 Å². The number of carboxylic acids is 1. The molecule has 0 aromatic heterocycles. The lowest BCUT2D eigenvalue weighted by molar-refractivity contribution is -0.138. The predicted octanol–water partition coefficient (Wildman–Crippen LogP) is 6.06. The van der Waals surface area contributed by atoms with E-state index in [1.54, 1.807) is 34.7 Å². The van der Waals surface area contributed by atoms with Crippen molar-refractivity contribution in [1.82, 2.24) is 15.4 Å². The van der Waals surface area contributed by atoms with Gasteiger partial charge in [-0.05, 0) is 78.3 Å². The quantitative estimate of drug-likeness (QED) is 0.0685. The van der Waals surface area contributed by atoms with Crippen LogP contribution in [-0.2, 0) is 24.4 Å². The van der Waals surface area contributed by atoms with Crippen LogP contribution in [0.25, 0.3) is 0 Å². The number of benzene rings is 2. The maximum Gasteiger partial charge on any atom is 0.336 e. The zero-order chi connectivity index (χ0) is 35.6. The van der Waals surface area contributed by atoms with Crippen LogP contribution >= 0.6 is 34.4 Å². The van der Waals surface area contributed by atoms with E-state index in [0.29, 0.717) is 42.0 Å². The summed E-state index contributed by atoms with van der Waals surface area (Å²) in [5, 5.41) is 14.4. The van der Waals surface area contributed by atoms with Crippen molar-refractivity contribution in [1.29, 1.82) is 0 Å². The Morgan fingerprint density at radius 3 is 2.37 bits per heavy atom. The first-order valence-corrected chi connectivity index (χ1v) is 20.4. The van der Waals surface area contributed by atoms with E-state index in [-0.39, 0.29) is 10.6 Å². The third-order valence-electron chi connectivity index (χ3n) is 8.49. The summed E-state index contributed by atoms with van der Waals surface area (Å²) in [6.07, 6.45) is 13.7. The first-order valence-electron chi connectivity index (χ1n) is 16.5. The van der Waals surface area contributed by atoms with Crippen LogP contribution in [0, 0.1) is 0 Å². The second kappa shape index (κ2) is 17.7. The minimum atomic E-state index is -4.04. The van der Waals surface area contributed by atoms with Gasteiger partial charge in [0.1, 0.15) is 16.7 Å². The van der Waals surface area contributed by atoms with Crippen molar-refractivity contribution in [3.8, 4) is 5.75 Å². The maximum absolute atomic E-state index is 14.3. The minimum Gasteiger partial charge on any atom is -0.483 e. The number of amides is 2. The number of allylic oxidation sites excluding steroid dienone is 2. The molecule has 2 aliphatic rings. The molecular weight excluding hydrogens is 779 g/mol. The Kier molecular flexibility index (Phi) is 14.0. The molecule has 14 heteroatoms. The second-order valence-electron chi connectivity index (χ2n) is 12.2. The van der Waals surface area contributed by atoms with Gasteiger partial charge in [-0.25, -0.2) is 17.9 Å². The first kappa shape index (κ1) is 38.7. The van der Waals surface area contributed by atoms with Gasteiger partial charge in [-0.1, -0.05) is 76.0 Å². The molecular formula is C35H45IN4O7S2. The van der Waals surface area contributed by atoms with Crippen molar-refractivity contribution in [2.75, 3.05) is 24.3 Å². The fraction of sp³-hybridized carbons (Fsp3) is 0.457. The number of hydrogen-bond acceptors (Lipinski definition) is 8. The Morgan fingerprint density at radius 1 is 1.08 bits per heavy atom. The standard InChI is InChI=1S/C35H45IN4O7S2/c1-4-6-18-35(19-7-5-2)23-40(25-16-12-9-13-17-25)26-20-28(48-3)27(21-29(26)49(45,46)39-35)47-22-30(41)37-31(24-14-10-8-11-15-24)33(42)38-32(36)34(43)44/h9-10,12-17,20-21,31-32,39H,4-8,11,18-19,22-23H2,1-3H3,(H,37,41)(H,38,42)(H,43,44)/t31-,32?/m1/s1. The number of carbonyl (C=O) groups is 3. The molecule has 11 nitrogen and oxygen atoms in total. The Balaban J connectivity index is 1.67. The van der Waals surface area contributed by atoms with Gasteiger partial charge in [-0.2, -0.15) is 0 Å². The zero-order valence-electron chi connectivity index (χ0n) is 28.0. The highest BCUT2D eigenvalue weighted by Crippen LogP contribution is 2.44. The van der Waals surface area contributed by atoms with Crippen LogP contribution in [0.15, 0.2) is 76.1 Å². The Bertz CT molecular complexity index is 1660. The van der Waals surface area contributed by atoms with E-state index in [0.717, 1.165) is 37.8 Å². The fourth-order valence-electron chi connectivity index (χ4n) is 6.01. The van der Waals surface area contributed by atoms with Gasteiger partial charge in [0.25, 0.3) is 5.91 Å². The van der Waals surface area contributed by atoms with E-state index in [9.17, 15) is 27.9 Å². The van der Waals surface area contributed by atoms with Crippen molar-refractivity contribution in [3.05, 3.63) is 66.3 Å². The number of para-hydroxylation sites is 1. The molecule has 1 aliphatic heterocycles. The molecule has 0 saturated heterocycles. The molecule has 0 fully saturated rings. The van der Waals surface area contributed by atoms with E-state index in [4.69, 9.17) is 4.74 Å². The van der Waals surface area contributed by atoms with E-state index >= 15 is 0 Å². The highest BCUT2D eigenvalue weighted by molar-refractivity contribution is 14.1. The summed E-state index contributed by atoms with van der Waals surface area (Å²) in [6, 6.07) is 11.9. The summed E-state index contributed by atoms with van der Waals surface area (Å²) in [5.41, 5.74) is 1.23. The molecule has 0 radical (unpaired) electrons. The van der Waals surface area contributed by atoms with Crippen LogP contribution in [-0.4, -0.2) is 66.3 Å². The minimum absolute atomic E-state index is 0.0518. The number of carboxylic acid groups (broad SMARTS) is 1. The SMILES string of the molecule is CCCCC1(CCCC)CN(c2ccccc2)c2cc(SC)c(OCC(=O)N[C@@H](C(=O)NC(I)C(=O)O)C3=CCCC=C3)cc2S(=O)(=O)N1. The number of alkyl halides is 1. The van der Waals surface area contributed by atoms with Gasteiger partial charge < -0.3 is 25.4 Å². The molecule has 4 N–H and O–H groups in total. The molecule has 4 rings (SSSR count). The number of ether oxygens (including phenoxy) is 1. The largest absolute Gasteiger partial charge is 0.483 e. The number of nitrogens with zero attached hydrogens (tertiary/aromatic N) is 1. The summed E-state index contributed by atoms with van der Waals surface area (Å²) < 4.78 is 36.4. The van der Waals surface area contributed by atoms with E-state index in [1.165, 1.54) is 17.8 Å². The van der Waals surface area contributed by atoms with Crippen LogP contribution in [0.3, 0.4) is 0 Å². The van der Waals surface area contributed by atoms with Gasteiger partial charge in [0.15, 0.2) is 10.7 Å². The molecule has 2 amide bonds. The number of thioether (sulfide) groups is 1. The zero-order valence-corrected chi connectivity index (χ0v) is 31.8. The molecule has 0 saturated carbocycles. The lowest BCUT2D eigenvalue weighted by Gasteiger charge is -2.37. The first-order chi connectivity index (χ1) is 23.4. The summed E-state index contributed by atoms with van der Waals surface area (Å²) in [5.74, 6) is -2.31. The van der Waals surface area contributed by atoms with Crippen molar-refractivity contribution in [2.45, 2.75) is 90.6 Å². The van der Waals surface area contributed by atoms with Crippen LogP contribution in [0.4, 0.5) is 11.4 Å². The van der Waals surface area contributed by atoms with Crippen molar-refractivity contribution < 1.29 is 32.6 Å². The lowest BCUT2D eigenvalue weighted by Crippen LogP contribution is -2.53. The van der Waals surface area contributed by atoms with E-state index in [2.05, 4.69) is 34.1 Å². The van der Waals surface area contributed by atoms with E-state index in [1.807, 2.05) is 48.7 Å². The van der Waals surface area contributed by atoms with Crippen LogP contribution in [0.1, 0.15) is 65.2 Å². The number of rotatable bonds is 16. The number of sulfonamides is 1. The molecule has 49 heavy (non-hydrogen) atoms. The number of carbonyl (C=O) groups excluding carboxylic acids is 2. The predicted molar refractivity (Wildman–Crippen MR) is 201 cm³/mol. The number of nitrogens with one attached hydrogen (secondary N) is 3. The van der Waals surface area contributed by atoms with E-state index < -0.39 is 50.0 Å². The third kappa shape index (κ3) is 10.0. The summed E-state index contributed by atoms with van der Waals surface area (Å²) >= 11 is 2.96. The summed E-state index contributed by atoms with van der Waals surface area (Å²) in [6.45, 7) is 4.14. The molecule has 1 aliphatic carbocycles. The smallest absolute Gasteiger partial charge is 0.336 e. The highest BCUT2D eigenvalue weighted by Gasteiger charge is 2.42. The number of aliphatic carboxylic acids is 1. The van der Waals surface area contributed by atoms with Crippen molar-refractivity contribution in [2.24, 2.45) is 0 Å². The monoisotopic (exact) mass is 824 g/mol. The molecule has 1 heterocycles. The molecule has 0 spiro atoms. The van der Waals surface area contributed by atoms with Gasteiger partial charge in [-0.3, -0.25) is 9.59 Å². The highest BCUT2D eigenvalue weighted by atomic mass is 127. The Labute approximate surface area is 306 Å². The third-order valence-corrected chi connectivity index (χ3v) is 11.7. The molecule has 2 aromatic rings. The number of fused-ring (bicyclic) bond motifs is 1. The fourth-order valence-corrected chi connectivity index (χ4v) is 8.52. The summed E-state index contributed by atoms with van der Waals surface area (Å²) in [7, 11) is -4.04. The van der Waals surface area contributed by atoms with Crippen LogP contribution in [0.2, 0.25) is 0 Å². The van der Waals surface area contributed by atoms with Crippen molar-refractivity contribution >= 4 is 73.5 Å². The normalized spacial score (nSPS) is 17.6. The van der Waals surface area contributed by atoms with Gasteiger partial charge in [0.05, 0.1) is 16.1 Å². The number of anilines is 2. The average molecular weight is 825 g/mol. The van der Waals surface area contributed by atoms with Crippen LogP contribution in [0.5, 0.6) is 5.75 Å². The Morgan fingerprint density at radius 2 is 1.78 bits per heavy atom. The van der Waals surface area contributed by atoms with Crippen LogP contribution < -0.4 is 25.0 Å². The van der Waals surface area contributed by atoms with Gasteiger partial charge in [0.2, 0.25) is 15.9 Å². The van der Waals surface area contributed by atoms with Gasteiger partial charge in [0, 0.05) is 18.3 Å². The number of unbranched alkanes of at least 4 members (excludes halogenated alkanes) is 2. The molecule has 2 aromatic carbocycles. The molecule has 0 bridgehead atoms. The second-order valence-corrected chi connectivity index (χ2v) is 15.9.